The summed E-state index contributed by atoms with van der Waals surface area (Å²) in [6.45, 7) is 0.778. The van der Waals surface area contributed by atoms with E-state index in [4.69, 9.17) is 11.5 Å². The Morgan fingerprint density at radius 1 is 0.976 bits per heavy atom. The number of carbonyl (C=O) groups is 4. The molecule has 0 bridgehead atoms. The first-order valence-electron chi connectivity index (χ1n) is 14.5. The molecule has 3 aromatic rings. The number of amides is 3. The topological polar surface area (TPSA) is 184 Å². The van der Waals surface area contributed by atoms with E-state index in [0.717, 1.165) is 22.0 Å². The molecule has 0 spiro atoms. The van der Waals surface area contributed by atoms with Crippen LogP contribution in [0.4, 0.5) is 0 Å². The minimum Gasteiger partial charge on any atom is -0.480 e. The van der Waals surface area contributed by atoms with Crippen LogP contribution < -0.4 is 22.1 Å². The van der Waals surface area contributed by atoms with Crippen molar-refractivity contribution in [2.24, 2.45) is 11.5 Å². The molecule has 3 amide bonds. The number of carbonyl (C=O) groups excluding carboxylic acids is 3. The van der Waals surface area contributed by atoms with E-state index in [1.807, 2.05) is 54.6 Å². The second-order valence-electron chi connectivity index (χ2n) is 10.8. The number of para-hydroxylation sites is 1. The van der Waals surface area contributed by atoms with Crippen LogP contribution in [-0.4, -0.2) is 75.9 Å². The highest BCUT2D eigenvalue weighted by Crippen LogP contribution is 2.22. The van der Waals surface area contributed by atoms with Gasteiger partial charge < -0.3 is 37.1 Å². The predicted molar refractivity (Wildman–Crippen MR) is 159 cm³/mol. The lowest BCUT2D eigenvalue weighted by Gasteiger charge is -2.30. The highest BCUT2D eigenvalue weighted by molar-refractivity contribution is 5.95. The zero-order valence-electron chi connectivity index (χ0n) is 23.6. The van der Waals surface area contributed by atoms with Gasteiger partial charge in [0.15, 0.2) is 0 Å². The van der Waals surface area contributed by atoms with Gasteiger partial charge >= 0.3 is 5.97 Å². The first kappa shape index (κ1) is 30.7. The number of hydrogen-bond acceptors (Lipinski definition) is 6. The van der Waals surface area contributed by atoms with Crippen molar-refractivity contribution in [2.75, 3.05) is 13.1 Å². The van der Waals surface area contributed by atoms with Crippen LogP contribution in [0, 0.1) is 0 Å². The summed E-state index contributed by atoms with van der Waals surface area (Å²) < 4.78 is 0. The third-order valence-corrected chi connectivity index (χ3v) is 7.75. The second kappa shape index (κ2) is 14.6. The first-order valence-corrected chi connectivity index (χ1v) is 14.5. The number of nitrogens with zero attached hydrogens (tertiary/aromatic N) is 1. The van der Waals surface area contributed by atoms with Gasteiger partial charge in [0, 0.05) is 30.1 Å². The fraction of sp³-hybridized carbons (Fsp3) is 0.419. The number of unbranched alkanes of at least 4 members (excludes halogenated alkanes) is 1. The van der Waals surface area contributed by atoms with Gasteiger partial charge in [0.25, 0.3) is 0 Å². The average molecular weight is 577 g/mol. The standard InChI is InChI=1S/C31H40N6O5/c32-15-7-6-13-25(35-28(38)23(33)17-20-9-2-1-3-10-20)30(40)37-16-8-14-27(37)29(39)36-26(31(41)42)18-21-19-34-24-12-5-4-11-22(21)24/h1-5,9-12,19,23,25-27,34H,6-8,13-18,32-33H2,(H,35,38)(H,36,39)(H,41,42). The fourth-order valence-corrected chi connectivity index (χ4v) is 5.48. The quantitative estimate of drug-likeness (QED) is 0.157. The molecule has 1 aliphatic heterocycles. The maximum atomic E-state index is 13.7. The Balaban J connectivity index is 1.43. The minimum atomic E-state index is -1.18. The highest BCUT2D eigenvalue weighted by Gasteiger charge is 2.39. The molecule has 0 radical (unpaired) electrons. The third-order valence-electron chi connectivity index (χ3n) is 7.75. The summed E-state index contributed by atoms with van der Waals surface area (Å²) in [6.07, 6.45) is 4.76. The Morgan fingerprint density at radius 3 is 2.45 bits per heavy atom. The van der Waals surface area contributed by atoms with Gasteiger partial charge in [-0.3, -0.25) is 14.4 Å². The molecule has 11 heteroatoms. The van der Waals surface area contributed by atoms with E-state index in [0.29, 0.717) is 51.6 Å². The summed E-state index contributed by atoms with van der Waals surface area (Å²) in [7, 11) is 0. The first-order chi connectivity index (χ1) is 20.3. The van der Waals surface area contributed by atoms with E-state index < -0.39 is 42.0 Å². The summed E-state index contributed by atoms with van der Waals surface area (Å²) in [5.74, 6) is -2.52. The Labute approximate surface area is 245 Å². The van der Waals surface area contributed by atoms with Gasteiger partial charge in [-0.05, 0) is 62.3 Å². The lowest BCUT2D eigenvalue weighted by Crippen LogP contribution is -2.57. The maximum absolute atomic E-state index is 13.7. The molecule has 1 saturated heterocycles. The lowest BCUT2D eigenvalue weighted by atomic mass is 10.0. The number of nitrogens with one attached hydrogen (secondary N) is 3. The van der Waals surface area contributed by atoms with Gasteiger partial charge in [-0.25, -0.2) is 4.79 Å². The summed E-state index contributed by atoms with van der Waals surface area (Å²) in [6, 6.07) is 13.2. The molecule has 1 aromatic heterocycles. The number of carboxylic acids is 1. The van der Waals surface area contributed by atoms with Crippen LogP contribution in [0.3, 0.4) is 0 Å². The van der Waals surface area contributed by atoms with Gasteiger partial charge in [0.05, 0.1) is 6.04 Å². The molecule has 224 valence electrons. The van der Waals surface area contributed by atoms with Crippen molar-refractivity contribution < 1.29 is 24.3 Å². The third kappa shape index (κ3) is 7.74. The van der Waals surface area contributed by atoms with Crippen molar-refractivity contribution in [1.29, 1.82) is 0 Å². The van der Waals surface area contributed by atoms with Crippen LogP contribution >= 0.6 is 0 Å². The number of nitrogens with two attached hydrogens (primary N) is 2. The van der Waals surface area contributed by atoms with Crippen LogP contribution in [0.1, 0.15) is 43.2 Å². The van der Waals surface area contributed by atoms with Gasteiger partial charge in [-0.2, -0.15) is 0 Å². The number of H-pyrrole nitrogens is 1. The largest absolute Gasteiger partial charge is 0.480 e. The number of hydrogen-bond donors (Lipinski definition) is 6. The van der Waals surface area contributed by atoms with Crippen molar-refractivity contribution in [3.63, 3.8) is 0 Å². The number of fused-ring (bicyclic) bond motifs is 1. The summed E-state index contributed by atoms with van der Waals surface area (Å²) in [5.41, 5.74) is 14.4. The minimum absolute atomic E-state index is 0.0861. The van der Waals surface area contributed by atoms with Crippen molar-refractivity contribution in [3.8, 4) is 0 Å². The van der Waals surface area contributed by atoms with E-state index in [-0.39, 0.29) is 12.3 Å². The maximum Gasteiger partial charge on any atom is 0.326 e. The fourth-order valence-electron chi connectivity index (χ4n) is 5.48. The van der Waals surface area contributed by atoms with Crippen LogP contribution in [-0.2, 0) is 32.0 Å². The summed E-state index contributed by atoms with van der Waals surface area (Å²) in [4.78, 5) is 56.8. The van der Waals surface area contributed by atoms with E-state index in [1.54, 1.807) is 6.20 Å². The van der Waals surface area contributed by atoms with Crippen molar-refractivity contribution in [1.82, 2.24) is 20.5 Å². The zero-order valence-corrected chi connectivity index (χ0v) is 23.6. The number of carboxylic acid groups (broad SMARTS) is 1. The van der Waals surface area contributed by atoms with Crippen LogP contribution in [0.5, 0.6) is 0 Å². The van der Waals surface area contributed by atoms with Crippen LogP contribution in [0.15, 0.2) is 60.8 Å². The van der Waals surface area contributed by atoms with Gasteiger partial charge in [-0.1, -0.05) is 48.5 Å². The molecule has 2 aromatic carbocycles. The van der Waals surface area contributed by atoms with Gasteiger partial charge in [-0.15, -0.1) is 0 Å². The average Bonchev–Trinajstić information content (AvgIpc) is 3.64. The number of aliphatic carboxylic acids is 1. The van der Waals surface area contributed by atoms with E-state index in [2.05, 4.69) is 15.6 Å². The normalized spacial score (nSPS) is 17.0. The lowest BCUT2D eigenvalue weighted by molar-refractivity contribution is -0.145. The Kier molecular flexibility index (Phi) is 10.7. The molecular weight excluding hydrogens is 536 g/mol. The van der Waals surface area contributed by atoms with Crippen LogP contribution in [0.25, 0.3) is 10.9 Å². The van der Waals surface area contributed by atoms with Crippen molar-refractivity contribution in [2.45, 2.75) is 69.1 Å². The highest BCUT2D eigenvalue weighted by atomic mass is 16.4. The van der Waals surface area contributed by atoms with Gasteiger partial charge in [0.2, 0.25) is 17.7 Å². The number of aromatic nitrogens is 1. The molecule has 0 aliphatic carbocycles. The van der Waals surface area contributed by atoms with E-state index >= 15 is 0 Å². The predicted octanol–water partition coefficient (Wildman–Crippen LogP) is 1.45. The second-order valence-corrected chi connectivity index (χ2v) is 10.8. The van der Waals surface area contributed by atoms with E-state index in [1.165, 1.54) is 4.90 Å². The van der Waals surface area contributed by atoms with E-state index in [9.17, 15) is 24.3 Å². The number of benzene rings is 2. The zero-order chi connectivity index (χ0) is 30.1. The molecule has 4 unspecified atom stereocenters. The summed E-state index contributed by atoms with van der Waals surface area (Å²) >= 11 is 0. The molecule has 11 nitrogen and oxygen atoms in total. The van der Waals surface area contributed by atoms with Crippen molar-refractivity contribution >= 4 is 34.6 Å². The monoisotopic (exact) mass is 576 g/mol. The SMILES string of the molecule is NCCCCC(NC(=O)C(N)Cc1ccccc1)C(=O)N1CCCC1C(=O)NC(Cc1c[nH]c2ccccc12)C(=O)O. The molecule has 2 heterocycles. The number of likely N-dealkylation sites (tertiary alicyclic amines) is 1. The number of aromatic amines is 1. The van der Waals surface area contributed by atoms with Crippen LogP contribution in [0.2, 0.25) is 0 Å². The number of rotatable bonds is 14. The smallest absolute Gasteiger partial charge is 0.326 e. The Bertz CT molecular complexity index is 1380. The molecule has 42 heavy (non-hydrogen) atoms. The molecule has 4 rings (SSSR count). The Morgan fingerprint density at radius 2 is 1.71 bits per heavy atom. The molecule has 1 fully saturated rings. The molecule has 4 atom stereocenters. The molecule has 8 N–H and O–H groups in total. The Hall–Kier alpha value is -4.22. The van der Waals surface area contributed by atoms with Crippen molar-refractivity contribution in [3.05, 3.63) is 71.9 Å². The molecule has 0 saturated carbocycles. The van der Waals surface area contributed by atoms with Gasteiger partial charge in [0.1, 0.15) is 18.1 Å². The molecule has 1 aliphatic rings. The molecular formula is C31H40N6O5. The summed E-state index contributed by atoms with van der Waals surface area (Å²) in [5, 5.41) is 16.3.